The molecule has 0 aliphatic carbocycles. The van der Waals surface area contributed by atoms with Gasteiger partial charge < -0.3 is 25.0 Å². The maximum absolute atomic E-state index is 12.8. The van der Waals surface area contributed by atoms with Crippen LogP contribution in [0.4, 0.5) is 10.5 Å². The second-order valence-electron chi connectivity index (χ2n) is 6.89. The van der Waals surface area contributed by atoms with Gasteiger partial charge in [0.15, 0.2) is 6.10 Å². The Bertz CT molecular complexity index is 884. The molecule has 0 bridgehead atoms. The van der Waals surface area contributed by atoms with Crippen LogP contribution in [0, 0.1) is 0 Å². The van der Waals surface area contributed by atoms with Gasteiger partial charge in [0.2, 0.25) is 0 Å². The quantitative estimate of drug-likeness (QED) is 0.785. The molecule has 1 atom stereocenters. The number of carbonyl (C=O) groups is 2. The van der Waals surface area contributed by atoms with Gasteiger partial charge in [0.1, 0.15) is 11.5 Å². The molecular formula is C22H27N3O4. The van der Waals surface area contributed by atoms with E-state index in [1.165, 1.54) is 0 Å². The fraction of sp³-hybridized carbons (Fsp3) is 0.364. The Kier molecular flexibility index (Phi) is 6.59. The highest BCUT2D eigenvalue weighted by molar-refractivity contribution is 5.89. The maximum Gasteiger partial charge on any atom is 0.319 e. The van der Waals surface area contributed by atoms with Crippen molar-refractivity contribution >= 4 is 17.6 Å². The number of urea groups is 1. The molecule has 0 spiro atoms. The summed E-state index contributed by atoms with van der Waals surface area (Å²) in [5.74, 6) is 1.41. The van der Waals surface area contributed by atoms with Crippen molar-refractivity contribution in [1.82, 2.24) is 10.2 Å². The van der Waals surface area contributed by atoms with Crippen LogP contribution in [0.15, 0.2) is 42.5 Å². The Balaban J connectivity index is 1.77. The summed E-state index contributed by atoms with van der Waals surface area (Å²) in [4.78, 5) is 26.4. The van der Waals surface area contributed by atoms with Crippen LogP contribution in [0.3, 0.4) is 0 Å². The van der Waals surface area contributed by atoms with E-state index in [2.05, 4.69) is 10.6 Å². The van der Waals surface area contributed by atoms with Gasteiger partial charge in [-0.3, -0.25) is 4.79 Å². The summed E-state index contributed by atoms with van der Waals surface area (Å²) in [6.45, 7) is 5.12. The molecule has 1 heterocycles. The molecule has 29 heavy (non-hydrogen) atoms. The lowest BCUT2D eigenvalue weighted by molar-refractivity contribution is -0.137. The number of hydrogen-bond acceptors (Lipinski definition) is 4. The predicted molar refractivity (Wildman–Crippen MR) is 111 cm³/mol. The van der Waals surface area contributed by atoms with E-state index in [0.717, 1.165) is 16.9 Å². The van der Waals surface area contributed by atoms with Gasteiger partial charge in [-0.1, -0.05) is 18.2 Å². The summed E-state index contributed by atoms with van der Waals surface area (Å²) in [5.41, 5.74) is 2.56. The summed E-state index contributed by atoms with van der Waals surface area (Å²) >= 11 is 0. The van der Waals surface area contributed by atoms with E-state index < -0.39 is 6.10 Å². The topological polar surface area (TPSA) is 79.9 Å². The lowest BCUT2D eigenvalue weighted by Gasteiger charge is -2.22. The molecule has 2 aromatic rings. The molecule has 0 aromatic heterocycles. The van der Waals surface area contributed by atoms with Crippen molar-refractivity contribution in [2.45, 2.75) is 32.9 Å². The Morgan fingerprint density at radius 2 is 2.07 bits per heavy atom. The maximum atomic E-state index is 12.8. The average molecular weight is 397 g/mol. The number of rotatable bonds is 6. The van der Waals surface area contributed by atoms with Gasteiger partial charge in [-0.2, -0.15) is 0 Å². The van der Waals surface area contributed by atoms with Gasteiger partial charge >= 0.3 is 6.03 Å². The molecule has 154 valence electrons. The van der Waals surface area contributed by atoms with E-state index in [0.29, 0.717) is 37.5 Å². The Hall–Kier alpha value is -3.22. The Morgan fingerprint density at radius 3 is 2.83 bits per heavy atom. The van der Waals surface area contributed by atoms with Crippen LogP contribution < -0.4 is 20.1 Å². The first-order valence-electron chi connectivity index (χ1n) is 9.77. The number of nitrogens with one attached hydrogen (secondary N) is 2. The number of fused-ring (bicyclic) bond motifs is 1. The van der Waals surface area contributed by atoms with Gasteiger partial charge in [0, 0.05) is 30.9 Å². The van der Waals surface area contributed by atoms with Gasteiger partial charge in [0.25, 0.3) is 5.91 Å². The molecule has 1 unspecified atom stereocenters. The van der Waals surface area contributed by atoms with Crippen molar-refractivity contribution in [3.05, 3.63) is 53.6 Å². The zero-order valence-electron chi connectivity index (χ0n) is 17.0. The lowest BCUT2D eigenvalue weighted by atomic mass is 10.1. The van der Waals surface area contributed by atoms with Crippen LogP contribution in [0.25, 0.3) is 0 Å². The van der Waals surface area contributed by atoms with Crippen molar-refractivity contribution in [3.8, 4) is 11.5 Å². The molecule has 7 heteroatoms. The molecule has 1 aliphatic rings. The van der Waals surface area contributed by atoms with E-state index in [1.54, 1.807) is 31.1 Å². The zero-order valence-corrected chi connectivity index (χ0v) is 17.0. The molecule has 1 aliphatic heterocycles. The summed E-state index contributed by atoms with van der Waals surface area (Å²) in [5, 5.41) is 5.50. The fourth-order valence-electron chi connectivity index (χ4n) is 3.37. The minimum atomic E-state index is -0.573. The van der Waals surface area contributed by atoms with Gasteiger partial charge in [-0.15, -0.1) is 0 Å². The number of hydrogen-bond donors (Lipinski definition) is 2. The smallest absolute Gasteiger partial charge is 0.319 e. The normalized spacial score (nSPS) is 15.8. The summed E-state index contributed by atoms with van der Waals surface area (Å²) in [7, 11) is 1.64. The van der Waals surface area contributed by atoms with Crippen molar-refractivity contribution in [2.24, 2.45) is 0 Å². The monoisotopic (exact) mass is 397 g/mol. The number of benzene rings is 2. The highest BCUT2D eigenvalue weighted by Gasteiger charge is 2.28. The largest absolute Gasteiger partial charge is 0.496 e. The molecule has 3 amide bonds. The third kappa shape index (κ3) is 4.99. The standard InChI is InChI=1S/C22H27N3O4/c1-4-23-22(27)24-18-9-10-20-17(13-18)14-25(21(26)15(2)29-20)12-11-16-7-5-6-8-19(16)28-3/h5-10,13,15H,4,11-12,14H2,1-3H3,(H2,23,24,27). The van der Waals surface area contributed by atoms with Crippen molar-refractivity contribution in [1.29, 1.82) is 0 Å². The van der Waals surface area contributed by atoms with Crippen LogP contribution >= 0.6 is 0 Å². The van der Waals surface area contributed by atoms with Crippen LogP contribution in [0.2, 0.25) is 0 Å². The summed E-state index contributed by atoms with van der Waals surface area (Å²) in [6.07, 6.45) is 0.102. The van der Waals surface area contributed by atoms with E-state index in [-0.39, 0.29) is 11.9 Å². The first kappa shape index (κ1) is 20.5. The SMILES string of the molecule is CCNC(=O)Nc1ccc2c(c1)CN(CCc1ccccc1OC)C(=O)C(C)O2. The molecule has 2 aromatic carbocycles. The number of methoxy groups -OCH3 is 1. The number of carbonyl (C=O) groups excluding carboxylic acids is 2. The molecule has 3 rings (SSSR count). The summed E-state index contributed by atoms with van der Waals surface area (Å²) < 4.78 is 11.3. The van der Waals surface area contributed by atoms with E-state index in [9.17, 15) is 9.59 Å². The fourth-order valence-corrected chi connectivity index (χ4v) is 3.37. The average Bonchev–Trinajstić information content (AvgIpc) is 2.83. The van der Waals surface area contributed by atoms with Crippen molar-refractivity contribution in [3.63, 3.8) is 0 Å². The van der Waals surface area contributed by atoms with Crippen LogP contribution in [0.1, 0.15) is 25.0 Å². The number of ether oxygens (including phenoxy) is 2. The second-order valence-corrected chi connectivity index (χ2v) is 6.89. The highest BCUT2D eigenvalue weighted by atomic mass is 16.5. The number of amides is 3. The first-order chi connectivity index (χ1) is 14.0. The van der Waals surface area contributed by atoms with Gasteiger partial charge in [-0.25, -0.2) is 4.79 Å². The first-order valence-corrected chi connectivity index (χ1v) is 9.77. The number of nitrogens with zero attached hydrogens (tertiary/aromatic N) is 1. The molecule has 0 radical (unpaired) electrons. The van der Waals surface area contributed by atoms with E-state index in [1.807, 2.05) is 37.3 Å². The highest BCUT2D eigenvalue weighted by Crippen LogP contribution is 2.29. The summed E-state index contributed by atoms with van der Waals surface area (Å²) in [6, 6.07) is 13.0. The Labute approximate surface area is 171 Å². The van der Waals surface area contributed by atoms with Crippen molar-refractivity contribution < 1.29 is 19.1 Å². The minimum Gasteiger partial charge on any atom is -0.496 e. The van der Waals surface area contributed by atoms with E-state index >= 15 is 0 Å². The van der Waals surface area contributed by atoms with Crippen molar-refractivity contribution in [2.75, 3.05) is 25.5 Å². The number of para-hydroxylation sites is 1. The third-order valence-electron chi connectivity index (χ3n) is 4.82. The molecule has 7 nitrogen and oxygen atoms in total. The molecule has 0 saturated carbocycles. The molecule has 2 N–H and O–H groups in total. The zero-order chi connectivity index (χ0) is 20.8. The third-order valence-corrected chi connectivity index (χ3v) is 4.82. The van der Waals surface area contributed by atoms with Gasteiger partial charge in [0.05, 0.1) is 7.11 Å². The minimum absolute atomic E-state index is 0.0608. The van der Waals surface area contributed by atoms with E-state index in [4.69, 9.17) is 9.47 Å². The van der Waals surface area contributed by atoms with Crippen LogP contribution in [-0.2, 0) is 17.8 Å². The number of anilines is 1. The Morgan fingerprint density at radius 1 is 1.28 bits per heavy atom. The second kappa shape index (κ2) is 9.32. The molecule has 0 saturated heterocycles. The molecular weight excluding hydrogens is 370 g/mol. The lowest BCUT2D eigenvalue weighted by Crippen LogP contribution is -2.39. The van der Waals surface area contributed by atoms with Crippen LogP contribution in [0.5, 0.6) is 11.5 Å². The van der Waals surface area contributed by atoms with Gasteiger partial charge in [-0.05, 0) is 50.1 Å². The predicted octanol–water partition coefficient (Wildman–Crippen LogP) is 3.19. The molecule has 0 fully saturated rings. The van der Waals surface area contributed by atoms with Crippen LogP contribution in [-0.4, -0.2) is 43.1 Å².